The van der Waals surface area contributed by atoms with Gasteiger partial charge in [-0.2, -0.15) is 0 Å². The van der Waals surface area contributed by atoms with Gasteiger partial charge in [0.1, 0.15) is 0 Å². The number of benzene rings is 2. The van der Waals surface area contributed by atoms with E-state index in [9.17, 15) is 4.79 Å². The van der Waals surface area contributed by atoms with Crippen LogP contribution >= 0.6 is 11.8 Å². The first kappa shape index (κ1) is 20.9. The van der Waals surface area contributed by atoms with Crippen molar-refractivity contribution >= 4 is 29.0 Å². The van der Waals surface area contributed by atoms with E-state index in [-0.39, 0.29) is 11.2 Å². The number of hydrogen-bond donors (Lipinski definition) is 2. The van der Waals surface area contributed by atoms with E-state index in [1.54, 1.807) is 0 Å². The number of hydrogen-bond acceptors (Lipinski definition) is 5. The first-order valence-electron chi connectivity index (χ1n) is 9.73. The Morgan fingerprint density at radius 2 is 1.83 bits per heavy atom. The number of nitrogens with one attached hydrogen (secondary N) is 2. The fourth-order valence-corrected chi connectivity index (χ4v) is 3.80. The molecule has 29 heavy (non-hydrogen) atoms. The number of carbonyl (C=O) groups excluding carboxylic acids is 1. The van der Waals surface area contributed by atoms with E-state index in [1.807, 2.05) is 42.7 Å². The Labute approximate surface area is 176 Å². The summed E-state index contributed by atoms with van der Waals surface area (Å²) in [5, 5.41) is 15.5. The molecule has 1 heterocycles. The van der Waals surface area contributed by atoms with E-state index in [0.29, 0.717) is 6.54 Å². The molecule has 7 heteroatoms. The van der Waals surface area contributed by atoms with Crippen LogP contribution in [0.15, 0.2) is 53.7 Å². The molecule has 0 aliphatic carbocycles. The standard InChI is InChI=1S/C22H27N5OS/c1-5-27-20(14-23-18-12-10-15(2)11-13-18)25-26-22(27)29-17(4)21(28)24-19-9-7-6-8-16(19)3/h6-13,17,23H,5,14H2,1-4H3,(H,24,28). The maximum atomic E-state index is 12.6. The number of amides is 1. The quantitative estimate of drug-likeness (QED) is 0.530. The predicted octanol–water partition coefficient (Wildman–Crippen LogP) is 4.65. The van der Waals surface area contributed by atoms with Crippen molar-refractivity contribution in [3.8, 4) is 0 Å². The predicted molar refractivity (Wildman–Crippen MR) is 119 cm³/mol. The van der Waals surface area contributed by atoms with Crippen molar-refractivity contribution in [2.75, 3.05) is 10.6 Å². The normalized spacial score (nSPS) is 11.9. The van der Waals surface area contributed by atoms with Crippen LogP contribution in [0.5, 0.6) is 0 Å². The number of nitrogens with zero attached hydrogens (tertiary/aromatic N) is 3. The number of aryl methyl sites for hydroxylation is 2. The Hall–Kier alpha value is -2.80. The monoisotopic (exact) mass is 409 g/mol. The molecule has 2 N–H and O–H groups in total. The topological polar surface area (TPSA) is 71.8 Å². The van der Waals surface area contributed by atoms with Gasteiger partial charge >= 0.3 is 0 Å². The molecule has 1 amide bonds. The first-order chi connectivity index (χ1) is 14.0. The van der Waals surface area contributed by atoms with Crippen molar-refractivity contribution in [3.05, 3.63) is 65.5 Å². The molecule has 1 atom stereocenters. The van der Waals surface area contributed by atoms with E-state index < -0.39 is 0 Å². The molecule has 0 fully saturated rings. The lowest BCUT2D eigenvalue weighted by Crippen LogP contribution is -2.23. The third kappa shape index (κ3) is 5.38. The maximum absolute atomic E-state index is 12.6. The summed E-state index contributed by atoms with van der Waals surface area (Å²) in [6, 6.07) is 16.0. The fourth-order valence-electron chi connectivity index (χ4n) is 2.87. The van der Waals surface area contributed by atoms with Gasteiger partial charge in [-0.1, -0.05) is 47.7 Å². The van der Waals surface area contributed by atoms with Crippen LogP contribution in [-0.4, -0.2) is 25.9 Å². The molecule has 0 aliphatic rings. The SMILES string of the molecule is CCn1c(CNc2ccc(C)cc2)nnc1SC(C)C(=O)Nc1ccccc1C. The van der Waals surface area contributed by atoms with Gasteiger partial charge in [0.25, 0.3) is 0 Å². The molecule has 0 radical (unpaired) electrons. The van der Waals surface area contributed by atoms with Crippen LogP contribution in [0.1, 0.15) is 30.8 Å². The Balaban J connectivity index is 1.63. The van der Waals surface area contributed by atoms with Gasteiger partial charge in [-0.15, -0.1) is 10.2 Å². The number of carbonyl (C=O) groups is 1. The van der Waals surface area contributed by atoms with Crippen molar-refractivity contribution in [2.24, 2.45) is 0 Å². The third-order valence-corrected chi connectivity index (χ3v) is 5.75. The minimum Gasteiger partial charge on any atom is -0.378 e. The molecule has 152 valence electrons. The lowest BCUT2D eigenvalue weighted by molar-refractivity contribution is -0.115. The van der Waals surface area contributed by atoms with Crippen LogP contribution in [-0.2, 0) is 17.9 Å². The molecule has 1 aromatic heterocycles. The second kappa shape index (κ2) is 9.60. The minimum absolute atomic E-state index is 0.0470. The Bertz CT molecular complexity index is 968. The van der Waals surface area contributed by atoms with Crippen LogP contribution in [0, 0.1) is 13.8 Å². The smallest absolute Gasteiger partial charge is 0.237 e. The number of anilines is 2. The Morgan fingerprint density at radius 1 is 1.10 bits per heavy atom. The molecule has 0 aliphatic heterocycles. The number of thioether (sulfide) groups is 1. The molecule has 0 spiro atoms. The summed E-state index contributed by atoms with van der Waals surface area (Å²) >= 11 is 1.42. The second-order valence-corrected chi connectivity index (χ2v) is 8.23. The third-order valence-electron chi connectivity index (χ3n) is 4.67. The highest BCUT2D eigenvalue weighted by molar-refractivity contribution is 8.00. The van der Waals surface area contributed by atoms with Gasteiger partial charge in [-0.25, -0.2) is 0 Å². The fraction of sp³-hybridized carbons (Fsp3) is 0.318. The molecule has 0 saturated heterocycles. The summed E-state index contributed by atoms with van der Waals surface area (Å²) in [5.41, 5.74) is 4.15. The number of rotatable bonds is 8. The summed E-state index contributed by atoms with van der Waals surface area (Å²) in [4.78, 5) is 12.6. The molecule has 3 aromatic rings. The first-order valence-corrected chi connectivity index (χ1v) is 10.6. The number of para-hydroxylation sites is 1. The van der Waals surface area contributed by atoms with E-state index in [1.165, 1.54) is 17.3 Å². The summed E-state index contributed by atoms with van der Waals surface area (Å²) in [6.45, 7) is 9.31. The van der Waals surface area contributed by atoms with Gasteiger partial charge < -0.3 is 15.2 Å². The summed E-state index contributed by atoms with van der Waals surface area (Å²) in [6.07, 6.45) is 0. The Kier molecular flexibility index (Phi) is 6.93. The zero-order chi connectivity index (χ0) is 20.8. The van der Waals surface area contributed by atoms with E-state index in [0.717, 1.165) is 34.5 Å². The van der Waals surface area contributed by atoms with Gasteiger partial charge in [-0.3, -0.25) is 4.79 Å². The highest BCUT2D eigenvalue weighted by Gasteiger charge is 2.20. The molecule has 6 nitrogen and oxygen atoms in total. The van der Waals surface area contributed by atoms with Crippen LogP contribution in [0.3, 0.4) is 0 Å². The van der Waals surface area contributed by atoms with E-state index >= 15 is 0 Å². The molecular formula is C22H27N5OS. The van der Waals surface area contributed by atoms with Crippen molar-refractivity contribution in [1.82, 2.24) is 14.8 Å². The molecule has 0 saturated carbocycles. The van der Waals surface area contributed by atoms with E-state index in [2.05, 4.69) is 58.9 Å². The van der Waals surface area contributed by atoms with Crippen molar-refractivity contribution in [1.29, 1.82) is 0 Å². The average molecular weight is 410 g/mol. The second-order valence-electron chi connectivity index (χ2n) is 6.93. The summed E-state index contributed by atoms with van der Waals surface area (Å²) < 4.78 is 2.05. The average Bonchev–Trinajstić information content (AvgIpc) is 3.10. The highest BCUT2D eigenvalue weighted by Crippen LogP contribution is 2.24. The van der Waals surface area contributed by atoms with Crippen LogP contribution in [0.2, 0.25) is 0 Å². The zero-order valence-corrected chi connectivity index (χ0v) is 18.1. The molecule has 0 bridgehead atoms. The van der Waals surface area contributed by atoms with Crippen molar-refractivity contribution in [3.63, 3.8) is 0 Å². The lowest BCUT2D eigenvalue weighted by atomic mass is 10.2. The molecule has 1 unspecified atom stereocenters. The van der Waals surface area contributed by atoms with Gasteiger partial charge in [0.15, 0.2) is 11.0 Å². The van der Waals surface area contributed by atoms with Gasteiger partial charge in [-0.05, 0) is 51.5 Å². The molecule has 2 aromatic carbocycles. The molecular weight excluding hydrogens is 382 g/mol. The van der Waals surface area contributed by atoms with Crippen molar-refractivity contribution < 1.29 is 4.79 Å². The summed E-state index contributed by atoms with van der Waals surface area (Å²) in [5.74, 6) is 0.802. The largest absolute Gasteiger partial charge is 0.378 e. The van der Waals surface area contributed by atoms with Gasteiger partial charge in [0.05, 0.1) is 11.8 Å². The van der Waals surface area contributed by atoms with Crippen LogP contribution in [0.25, 0.3) is 0 Å². The number of aromatic nitrogens is 3. The molecule has 3 rings (SSSR count). The van der Waals surface area contributed by atoms with Crippen LogP contribution < -0.4 is 10.6 Å². The van der Waals surface area contributed by atoms with Crippen LogP contribution in [0.4, 0.5) is 11.4 Å². The minimum atomic E-state index is -0.290. The lowest BCUT2D eigenvalue weighted by Gasteiger charge is -2.14. The van der Waals surface area contributed by atoms with Gasteiger partial charge in [0, 0.05) is 17.9 Å². The zero-order valence-electron chi connectivity index (χ0n) is 17.3. The van der Waals surface area contributed by atoms with Crippen molar-refractivity contribution in [2.45, 2.75) is 51.2 Å². The van der Waals surface area contributed by atoms with E-state index in [4.69, 9.17) is 0 Å². The Morgan fingerprint density at radius 3 is 2.52 bits per heavy atom. The highest BCUT2D eigenvalue weighted by atomic mass is 32.2. The van der Waals surface area contributed by atoms with Gasteiger partial charge in [0.2, 0.25) is 5.91 Å². The summed E-state index contributed by atoms with van der Waals surface area (Å²) in [7, 11) is 0. The maximum Gasteiger partial charge on any atom is 0.237 e.